The molecule has 0 amide bonds. The van der Waals surface area contributed by atoms with Crippen molar-refractivity contribution in [1.29, 1.82) is 0 Å². The lowest BCUT2D eigenvalue weighted by atomic mass is 10.1. The van der Waals surface area contributed by atoms with Gasteiger partial charge in [-0.25, -0.2) is 9.97 Å². The summed E-state index contributed by atoms with van der Waals surface area (Å²) in [6.07, 6.45) is 2.76. The molecule has 0 spiro atoms. The molecule has 0 N–H and O–H groups in total. The van der Waals surface area contributed by atoms with Crippen molar-refractivity contribution in [2.24, 2.45) is 0 Å². The zero-order chi connectivity index (χ0) is 14.1. The summed E-state index contributed by atoms with van der Waals surface area (Å²) < 4.78 is 0. The van der Waals surface area contributed by atoms with Gasteiger partial charge in [0.25, 0.3) is 0 Å². The van der Waals surface area contributed by atoms with E-state index in [2.05, 4.69) is 15.0 Å². The summed E-state index contributed by atoms with van der Waals surface area (Å²) in [5, 5.41) is 11.9. The van der Waals surface area contributed by atoms with E-state index in [1.54, 1.807) is 18.3 Å². The molecule has 0 saturated carbocycles. The molecule has 2 aromatic heterocycles. The summed E-state index contributed by atoms with van der Waals surface area (Å²) in [5.41, 5.74) is 1.30. The van der Waals surface area contributed by atoms with E-state index in [0.717, 1.165) is 17.1 Å². The number of nitrogens with zero attached hydrogens (tertiary/aromatic N) is 4. The quantitative estimate of drug-likeness (QED) is 0.410. The Morgan fingerprint density at radius 1 is 1.20 bits per heavy atom. The molecule has 6 nitrogen and oxygen atoms in total. The van der Waals surface area contributed by atoms with Gasteiger partial charge in [0, 0.05) is 17.1 Å². The fourth-order valence-corrected chi connectivity index (χ4v) is 2.05. The van der Waals surface area contributed by atoms with Crippen LogP contribution in [0.15, 0.2) is 42.7 Å². The number of aromatic nitrogens is 3. The Hall–Kier alpha value is -2.60. The fourth-order valence-electron chi connectivity index (χ4n) is 1.91. The number of hydrogen-bond acceptors (Lipinski definition) is 5. The van der Waals surface area contributed by atoms with Crippen LogP contribution in [0.25, 0.3) is 22.2 Å². The van der Waals surface area contributed by atoms with Gasteiger partial charge in [0.05, 0.1) is 10.4 Å². The van der Waals surface area contributed by atoms with Crippen molar-refractivity contribution < 1.29 is 4.92 Å². The molecule has 2 heterocycles. The largest absolute Gasteiger partial charge is 0.313 e. The standard InChI is InChI=1S/C13H7ClN4O2/c14-13-16-7-11(18(19)20)12(17-13)9-4-3-8-2-1-5-15-10(8)6-9/h1-7H. The number of fused-ring (bicyclic) bond motifs is 1. The van der Waals surface area contributed by atoms with E-state index in [1.165, 1.54) is 0 Å². The molecule has 0 radical (unpaired) electrons. The molecule has 0 atom stereocenters. The summed E-state index contributed by atoms with van der Waals surface area (Å²) in [6.45, 7) is 0. The molecule has 0 saturated heterocycles. The van der Waals surface area contributed by atoms with Crippen molar-refractivity contribution in [2.75, 3.05) is 0 Å². The number of rotatable bonds is 2. The van der Waals surface area contributed by atoms with Gasteiger partial charge in [0.2, 0.25) is 5.28 Å². The lowest BCUT2D eigenvalue weighted by Crippen LogP contribution is -1.97. The lowest BCUT2D eigenvalue weighted by molar-refractivity contribution is -0.384. The summed E-state index contributed by atoms with van der Waals surface area (Å²) in [7, 11) is 0. The van der Waals surface area contributed by atoms with Gasteiger partial charge < -0.3 is 0 Å². The first-order valence-corrected chi connectivity index (χ1v) is 6.05. The maximum atomic E-state index is 11.0. The third-order valence-electron chi connectivity index (χ3n) is 2.82. The Bertz CT molecular complexity index is 822. The zero-order valence-corrected chi connectivity index (χ0v) is 10.8. The molecule has 0 fully saturated rings. The minimum Gasteiger partial charge on any atom is -0.258 e. The van der Waals surface area contributed by atoms with Gasteiger partial charge in [-0.05, 0) is 23.7 Å². The van der Waals surface area contributed by atoms with E-state index >= 15 is 0 Å². The van der Waals surface area contributed by atoms with Crippen molar-refractivity contribution in [3.8, 4) is 11.3 Å². The molecule has 0 unspecified atom stereocenters. The monoisotopic (exact) mass is 286 g/mol. The normalized spacial score (nSPS) is 10.7. The summed E-state index contributed by atoms with van der Waals surface area (Å²) >= 11 is 5.73. The van der Waals surface area contributed by atoms with Crippen LogP contribution in [-0.4, -0.2) is 19.9 Å². The predicted molar refractivity (Wildman–Crippen MR) is 74.4 cm³/mol. The number of hydrogen-bond donors (Lipinski definition) is 0. The predicted octanol–water partition coefficient (Wildman–Crippen LogP) is 3.25. The van der Waals surface area contributed by atoms with Crippen LogP contribution in [0.1, 0.15) is 0 Å². The van der Waals surface area contributed by atoms with Crippen LogP contribution in [-0.2, 0) is 0 Å². The van der Waals surface area contributed by atoms with Gasteiger partial charge in [0.15, 0.2) is 5.69 Å². The van der Waals surface area contributed by atoms with E-state index in [1.807, 2.05) is 18.2 Å². The summed E-state index contributed by atoms with van der Waals surface area (Å²) in [6, 6.07) is 9.05. The highest BCUT2D eigenvalue weighted by atomic mass is 35.5. The highest BCUT2D eigenvalue weighted by molar-refractivity contribution is 6.28. The minimum atomic E-state index is -0.533. The second-order valence-electron chi connectivity index (χ2n) is 4.04. The topological polar surface area (TPSA) is 81.8 Å². The molecule has 7 heteroatoms. The van der Waals surface area contributed by atoms with Crippen molar-refractivity contribution in [2.45, 2.75) is 0 Å². The van der Waals surface area contributed by atoms with Crippen molar-refractivity contribution >= 4 is 28.2 Å². The Balaban J connectivity index is 2.24. The molecule has 3 rings (SSSR count). The SMILES string of the molecule is O=[N+]([O-])c1cnc(Cl)nc1-c1ccc2cccnc2c1. The number of benzene rings is 1. The Kier molecular flexibility index (Phi) is 3.00. The number of halogens is 1. The highest BCUT2D eigenvalue weighted by Crippen LogP contribution is 2.29. The van der Waals surface area contributed by atoms with E-state index in [0.29, 0.717) is 5.56 Å². The molecule has 3 aromatic rings. The third-order valence-corrected chi connectivity index (χ3v) is 3.00. The van der Waals surface area contributed by atoms with Gasteiger partial charge in [-0.1, -0.05) is 18.2 Å². The Morgan fingerprint density at radius 3 is 2.85 bits per heavy atom. The number of nitro groups is 1. The summed E-state index contributed by atoms with van der Waals surface area (Å²) in [5.74, 6) is 0. The van der Waals surface area contributed by atoms with Crippen LogP contribution in [0.2, 0.25) is 5.28 Å². The zero-order valence-electron chi connectivity index (χ0n) is 10.0. The first kappa shape index (κ1) is 12.4. The van der Waals surface area contributed by atoms with Crippen LogP contribution < -0.4 is 0 Å². The molecule has 0 aliphatic heterocycles. The van der Waals surface area contributed by atoms with Crippen LogP contribution >= 0.6 is 11.6 Å². The van der Waals surface area contributed by atoms with Gasteiger partial charge in [-0.15, -0.1) is 0 Å². The lowest BCUT2D eigenvalue weighted by Gasteiger charge is -2.04. The van der Waals surface area contributed by atoms with Crippen molar-refractivity contribution in [3.05, 3.63) is 58.1 Å². The van der Waals surface area contributed by atoms with Gasteiger partial charge in [-0.3, -0.25) is 15.1 Å². The van der Waals surface area contributed by atoms with Crippen LogP contribution in [0.4, 0.5) is 5.69 Å². The van der Waals surface area contributed by atoms with Crippen molar-refractivity contribution in [3.63, 3.8) is 0 Å². The molecule has 98 valence electrons. The van der Waals surface area contributed by atoms with E-state index in [-0.39, 0.29) is 16.7 Å². The molecule has 0 bridgehead atoms. The maximum absolute atomic E-state index is 11.0. The molecular formula is C13H7ClN4O2. The molecule has 20 heavy (non-hydrogen) atoms. The van der Waals surface area contributed by atoms with Gasteiger partial charge in [0.1, 0.15) is 6.20 Å². The minimum absolute atomic E-state index is 0.0354. The fraction of sp³-hybridized carbons (Fsp3) is 0. The second-order valence-corrected chi connectivity index (χ2v) is 4.38. The average Bonchev–Trinajstić information content (AvgIpc) is 2.46. The first-order valence-electron chi connectivity index (χ1n) is 5.67. The van der Waals surface area contributed by atoms with Crippen molar-refractivity contribution in [1.82, 2.24) is 15.0 Å². The average molecular weight is 287 g/mol. The highest BCUT2D eigenvalue weighted by Gasteiger charge is 2.18. The van der Waals surface area contributed by atoms with Crippen LogP contribution in [0, 0.1) is 10.1 Å². The molecular weight excluding hydrogens is 280 g/mol. The van der Waals surface area contributed by atoms with E-state index in [9.17, 15) is 10.1 Å². The van der Waals surface area contributed by atoms with Gasteiger partial charge >= 0.3 is 5.69 Å². The Labute approximate surface area is 118 Å². The van der Waals surface area contributed by atoms with Crippen LogP contribution in [0.3, 0.4) is 0 Å². The summed E-state index contributed by atoms with van der Waals surface area (Å²) in [4.78, 5) is 22.3. The molecule has 1 aromatic carbocycles. The third kappa shape index (κ3) is 2.17. The molecule has 0 aliphatic rings. The van der Waals surface area contributed by atoms with E-state index < -0.39 is 4.92 Å². The maximum Gasteiger partial charge on any atom is 0.313 e. The second kappa shape index (κ2) is 4.82. The van der Waals surface area contributed by atoms with E-state index in [4.69, 9.17) is 11.6 Å². The van der Waals surface area contributed by atoms with Gasteiger partial charge in [-0.2, -0.15) is 0 Å². The first-order chi connectivity index (χ1) is 9.65. The Morgan fingerprint density at radius 2 is 2.05 bits per heavy atom. The van der Waals surface area contributed by atoms with Crippen LogP contribution in [0.5, 0.6) is 0 Å². The number of pyridine rings is 1. The molecule has 0 aliphatic carbocycles. The smallest absolute Gasteiger partial charge is 0.258 e.